The van der Waals surface area contributed by atoms with Crippen LogP contribution in [0.1, 0.15) is 68.2 Å². The zero-order valence-electron chi connectivity index (χ0n) is 32.6. The van der Waals surface area contributed by atoms with Crippen LogP contribution < -0.4 is 4.90 Å². The van der Waals surface area contributed by atoms with Crippen LogP contribution in [0.5, 0.6) is 0 Å². The lowest BCUT2D eigenvalue weighted by molar-refractivity contribution is 0.0768. The highest BCUT2D eigenvalue weighted by atomic mass is 16.3. The van der Waals surface area contributed by atoms with Crippen LogP contribution in [0.3, 0.4) is 0 Å². The first kappa shape index (κ1) is 32.2. The molecule has 0 amide bonds. The number of hydrogen-bond acceptors (Lipinski definition) is 2. The third kappa shape index (κ3) is 4.21. The molecule has 2 heteroatoms. The summed E-state index contributed by atoms with van der Waals surface area (Å²) in [7, 11) is 0. The Bertz CT molecular complexity index is 2980. The summed E-state index contributed by atoms with van der Waals surface area (Å²) < 4.78 is 6.58. The summed E-state index contributed by atoms with van der Waals surface area (Å²) in [4.78, 5) is 2.52. The Labute approximate surface area is 334 Å². The van der Waals surface area contributed by atoms with E-state index in [1.807, 2.05) is 0 Å². The Morgan fingerprint density at radius 2 is 1.19 bits per heavy atom. The van der Waals surface area contributed by atoms with Crippen molar-refractivity contribution >= 4 is 39.0 Å². The Balaban J connectivity index is 1.02. The van der Waals surface area contributed by atoms with E-state index in [2.05, 4.69) is 170 Å². The van der Waals surface area contributed by atoms with E-state index >= 15 is 0 Å². The molecule has 0 saturated heterocycles. The molecule has 5 atom stereocenters. The summed E-state index contributed by atoms with van der Waals surface area (Å²) in [5.41, 5.74) is 19.3. The molecule has 0 aliphatic heterocycles. The number of furan rings is 1. The molecule has 3 bridgehead atoms. The van der Waals surface area contributed by atoms with Gasteiger partial charge in [-0.3, -0.25) is 0 Å². The monoisotopic (exact) mass is 735 g/mol. The van der Waals surface area contributed by atoms with Crippen molar-refractivity contribution in [3.05, 3.63) is 174 Å². The predicted octanol–water partition coefficient (Wildman–Crippen LogP) is 14.8. The largest absolute Gasteiger partial charge is 0.455 e. The lowest BCUT2D eigenvalue weighted by Gasteiger charge is -2.52. The van der Waals surface area contributed by atoms with Gasteiger partial charge in [0, 0.05) is 44.2 Å². The van der Waals surface area contributed by atoms with Crippen LogP contribution in [-0.2, 0) is 10.8 Å². The number of rotatable bonds is 4. The number of para-hydroxylation sites is 2. The zero-order chi connectivity index (χ0) is 37.6. The van der Waals surface area contributed by atoms with Gasteiger partial charge >= 0.3 is 0 Å². The van der Waals surface area contributed by atoms with Crippen molar-refractivity contribution in [1.82, 2.24) is 0 Å². The average Bonchev–Trinajstić information content (AvgIpc) is 3.90. The molecule has 2 unspecified atom stereocenters. The van der Waals surface area contributed by atoms with Gasteiger partial charge in [0.1, 0.15) is 11.2 Å². The molecule has 57 heavy (non-hydrogen) atoms. The third-order valence-electron chi connectivity index (χ3n) is 15.5. The van der Waals surface area contributed by atoms with Gasteiger partial charge in [0.05, 0.1) is 0 Å². The second-order valence-corrected chi connectivity index (χ2v) is 18.4. The van der Waals surface area contributed by atoms with Crippen LogP contribution in [0.4, 0.5) is 17.1 Å². The van der Waals surface area contributed by atoms with Crippen LogP contribution in [0.15, 0.2) is 156 Å². The molecule has 7 aromatic carbocycles. The first-order chi connectivity index (χ1) is 28.0. The highest BCUT2D eigenvalue weighted by Gasteiger charge is 2.63. The SMILES string of the molecule is CC1(C)c2ccccc2-c2ccc(N(c3cccc(-c4cccc5c4oc4ccccc45)c3)c3ccc4c(c3)-c3ccccc3C43[C@H]4CCC5C[C@@H](C4)C[C@H]53)cc21. The smallest absolute Gasteiger partial charge is 0.143 e. The van der Waals surface area contributed by atoms with E-state index < -0.39 is 0 Å². The van der Waals surface area contributed by atoms with E-state index in [-0.39, 0.29) is 10.8 Å². The van der Waals surface area contributed by atoms with Crippen LogP contribution in [-0.4, -0.2) is 0 Å². The van der Waals surface area contributed by atoms with Gasteiger partial charge in [-0.05, 0) is 148 Å². The standard InChI is InChI=1S/C55H45NO/c1-54(2)47-18-6-3-13-41(47)43-25-23-39(32-51(43)54)56(37-12-9-11-34(30-37)40-16-10-17-45-44-15-5-8-20-52(44)57-53(40)45)38-24-26-49-46(31-38)42-14-4-7-19-48(42)55(49)36-22-21-35-27-33(28-36)29-50(35)55/h3-20,23-26,30-33,35-36,50H,21-22,27-29H2,1-2H3/t33-,35?,36-,50+,55?/m0/s1. The van der Waals surface area contributed by atoms with E-state index in [1.165, 1.54) is 76.9 Å². The fraction of sp³-hybridized carbons (Fsp3) is 0.236. The third-order valence-corrected chi connectivity index (χ3v) is 15.5. The van der Waals surface area contributed by atoms with E-state index in [4.69, 9.17) is 4.42 Å². The van der Waals surface area contributed by atoms with E-state index in [0.29, 0.717) is 0 Å². The molecule has 1 spiro atoms. The van der Waals surface area contributed by atoms with Crippen molar-refractivity contribution in [2.75, 3.05) is 4.90 Å². The van der Waals surface area contributed by atoms with E-state index in [0.717, 1.165) is 62.4 Å². The first-order valence-electron chi connectivity index (χ1n) is 21.3. The minimum Gasteiger partial charge on any atom is -0.455 e. The molecule has 5 aliphatic rings. The highest BCUT2D eigenvalue weighted by Crippen LogP contribution is 2.70. The van der Waals surface area contributed by atoms with Crippen LogP contribution in [0.2, 0.25) is 0 Å². The quantitative estimate of drug-likeness (QED) is 0.179. The average molecular weight is 736 g/mol. The van der Waals surface area contributed by atoms with E-state index in [1.54, 1.807) is 11.1 Å². The summed E-state index contributed by atoms with van der Waals surface area (Å²) in [6.07, 6.45) is 7.04. The Hall–Kier alpha value is -5.86. The Kier molecular flexibility index (Phi) is 6.44. The second-order valence-electron chi connectivity index (χ2n) is 18.4. The second kappa shape index (κ2) is 11.4. The maximum absolute atomic E-state index is 6.58. The van der Waals surface area contributed by atoms with Crippen LogP contribution in [0, 0.1) is 23.7 Å². The zero-order valence-corrected chi connectivity index (χ0v) is 32.6. The van der Waals surface area contributed by atoms with Crippen LogP contribution in [0.25, 0.3) is 55.3 Å². The number of nitrogens with zero attached hydrogens (tertiary/aromatic N) is 1. The van der Waals surface area contributed by atoms with Crippen molar-refractivity contribution in [3.8, 4) is 33.4 Å². The molecule has 8 aromatic rings. The summed E-state index contributed by atoms with van der Waals surface area (Å²) in [6.45, 7) is 4.77. The molecule has 1 aromatic heterocycles. The fourth-order valence-corrected chi connectivity index (χ4v) is 13.3. The minimum atomic E-state index is -0.102. The summed E-state index contributed by atoms with van der Waals surface area (Å²) in [5.74, 6) is 3.29. The molecule has 0 N–H and O–H groups in total. The molecular weight excluding hydrogens is 691 g/mol. The van der Waals surface area contributed by atoms with Crippen LogP contribution >= 0.6 is 0 Å². The van der Waals surface area contributed by atoms with Gasteiger partial charge in [0.2, 0.25) is 0 Å². The molecule has 0 radical (unpaired) electrons. The molecule has 276 valence electrons. The summed E-state index contributed by atoms with van der Waals surface area (Å²) in [5, 5.41) is 2.31. The normalized spacial score (nSPS) is 24.2. The lowest BCUT2D eigenvalue weighted by atomic mass is 9.51. The van der Waals surface area contributed by atoms with Gasteiger partial charge in [-0.25, -0.2) is 0 Å². The van der Waals surface area contributed by atoms with Gasteiger partial charge in [-0.15, -0.1) is 0 Å². The van der Waals surface area contributed by atoms with Crippen molar-refractivity contribution in [2.24, 2.45) is 23.7 Å². The lowest BCUT2D eigenvalue weighted by Crippen LogP contribution is -2.48. The molecule has 1 heterocycles. The number of hydrogen-bond donors (Lipinski definition) is 0. The first-order valence-corrected chi connectivity index (χ1v) is 21.3. The van der Waals surface area contributed by atoms with Crippen molar-refractivity contribution in [2.45, 2.75) is 56.8 Å². The van der Waals surface area contributed by atoms with Gasteiger partial charge in [-0.1, -0.05) is 123 Å². The summed E-state index contributed by atoms with van der Waals surface area (Å²) >= 11 is 0. The number of fused-ring (bicyclic) bond motifs is 10. The van der Waals surface area contributed by atoms with E-state index in [9.17, 15) is 0 Å². The molecular formula is C55H45NO. The molecule has 3 fully saturated rings. The maximum atomic E-state index is 6.58. The topological polar surface area (TPSA) is 16.4 Å². The summed E-state index contributed by atoms with van der Waals surface area (Å²) in [6, 6.07) is 57.3. The van der Waals surface area contributed by atoms with Gasteiger partial charge in [-0.2, -0.15) is 0 Å². The highest BCUT2D eigenvalue weighted by molar-refractivity contribution is 6.09. The predicted molar refractivity (Wildman–Crippen MR) is 235 cm³/mol. The molecule has 5 aliphatic carbocycles. The van der Waals surface area contributed by atoms with Crippen molar-refractivity contribution in [3.63, 3.8) is 0 Å². The molecule has 2 nitrogen and oxygen atoms in total. The van der Waals surface area contributed by atoms with Gasteiger partial charge < -0.3 is 9.32 Å². The van der Waals surface area contributed by atoms with Gasteiger partial charge in [0.25, 0.3) is 0 Å². The maximum Gasteiger partial charge on any atom is 0.143 e. The minimum absolute atomic E-state index is 0.102. The van der Waals surface area contributed by atoms with Crippen molar-refractivity contribution in [1.29, 1.82) is 0 Å². The fourth-order valence-electron chi connectivity index (χ4n) is 13.3. The Morgan fingerprint density at radius 1 is 0.509 bits per heavy atom. The van der Waals surface area contributed by atoms with Crippen molar-refractivity contribution < 1.29 is 4.42 Å². The molecule has 3 saturated carbocycles. The van der Waals surface area contributed by atoms with Gasteiger partial charge in [0.15, 0.2) is 0 Å². The Morgan fingerprint density at radius 3 is 2.11 bits per heavy atom. The molecule has 13 rings (SSSR count). The number of benzene rings is 7. The number of anilines is 3.